The summed E-state index contributed by atoms with van der Waals surface area (Å²) >= 11 is 7.74. The van der Waals surface area contributed by atoms with Gasteiger partial charge in [-0.25, -0.2) is 14.1 Å². The number of thiazole rings is 1. The van der Waals surface area contributed by atoms with E-state index in [1.807, 2.05) is 6.07 Å². The summed E-state index contributed by atoms with van der Waals surface area (Å²) < 4.78 is 26.6. The van der Waals surface area contributed by atoms with Gasteiger partial charge in [0.15, 0.2) is 16.6 Å². The van der Waals surface area contributed by atoms with E-state index in [1.165, 1.54) is 40.3 Å². The Labute approximate surface area is 179 Å². The van der Waals surface area contributed by atoms with Crippen molar-refractivity contribution in [3.05, 3.63) is 58.6 Å². The molecular weight excluding hydrogens is 431 g/mol. The quantitative estimate of drug-likeness (QED) is 0.499. The van der Waals surface area contributed by atoms with Crippen LogP contribution in [0.15, 0.2) is 36.4 Å². The van der Waals surface area contributed by atoms with Crippen molar-refractivity contribution in [3.8, 4) is 17.2 Å². The molecule has 2 aromatic heterocycles. The largest absolute Gasteiger partial charge is 0.486 e. The Balaban J connectivity index is 1.45. The number of nitrogens with zero attached hydrogens (tertiary/aromatic N) is 3. The van der Waals surface area contributed by atoms with Gasteiger partial charge in [0.2, 0.25) is 0 Å². The molecule has 0 saturated heterocycles. The highest BCUT2D eigenvalue weighted by atomic mass is 35.5. The Bertz CT molecular complexity index is 1240. The number of anilines is 1. The molecule has 0 spiro atoms. The van der Waals surface area contributed by atoms with E-state index in [1.54, 1.807) is 13.0 Å². The SMILES string of the molecule is Cc1nn(-c2ccc(F)cc2)c(Cl)c1C(=O)Nc1nc2cc3c(cc2s1)OCCO3. The summed E-state index contributed by atoms with van der Waals surface area (Å²) in [6.45, 7) is 2.67. The van der Waals surface area contributed by atoms with E-state index in [9.17, 15) is 9.18 Å². The number of carbonyl (C=O) groups is 1. The molecule has 3 heterocycles. The third-order valence-electron chi connectivity index (χ3n) is 4.58. The molecule has 10 heteroatoms. The van der Waals surface area contributed by atoms with Gasteiger partial charge in [0.25, 0.3) is 5.91 Å². The van der Waals surface area contributed by atoms with Gasteiger partial charge in [0, 0.05) is 12.1 Å². The maximum absolute atomic E-state index is 13.2. The highest BCUT2D eigenvalue weighted by molar-refractivity contribution is 7.22. The van der Waals surface area contributed by atoms with Crippen molar-refractivity contribution in [2.75, 3.05) is 18.5 Å². The van der Waals surface area contributed by atoms with E-state index in [0.29, 0.717) is 46.7 Å². The van der Waals surface area contributed by atoms with Crippen LogP contribution in [0.3, 0.4) is 0 Å². The number of aryl methyl sites for hydroxylation is 1. The normalized spacial score (nSPS) is 12.9. The fourth-order valence-electron chi connectivity index (χ4n) is 3.19. The van der Waals surface area contributed by atoms with Crippen molar-refractivity contribution < 1.29 is 18.7 Å². The van der Waals surface area contributed by atoms with Crippen LogP contribution in [-0.4, -0.2) is 33.9 Å². The molecule has 1 amide bonds. The molecule has 152 valence electrons. The van der Waals surface area contributed by atoms with Crippen LogP contribution in [0.5, 0.6) is 11.5 Å². The molecule has 0 aliphatic carbocycles. The molecule has 0 fully saturated rings. The predicted molar refractivity (Wildman–Crippen MR) is 112 cm³/mol. The number of fused-ring (bicyclic) bond motifs is 2. The molecular formula is C20H14ClFN4O3S. The third kappa shape index (κ3) is 3.25. The van der Waals surface area contributed by atoms with Crippen molar-refractivity contribution in [1.82, 2.24) is 14.8 Å². The van der Waals surface area contributed by atoms with Crippen molar-refractivity contribution in [3.63, 3.8) is 0 Å². The lowest BCUT2D eigenvalue weighted by atomic mass is 10.2. The van der Waals surface area contributed by atoms with Crippen LogP contribution < -0.4 is 14.8 Å². The molecule has 0 unspecified atom stereocenters. The average Bonchev–Trinajstić information content (AvgIpc) is 3.25. The minimum atomic E-state index is -0.429. The number of aromatic nitrogens is 3. The number of nitrogens with one attached hydrogen (secondary N) is 1. The number of rotatable bonds is 3. The van der Waals surface area contributed by atoms with Crippen molar-refractivity contribution in [2.45, 2.75) is 6.92 Å². The van der Waals surface area contributed by atoms with Crippen LogP contribution in [0.1, 0.15) is 16.1 Å². The summed E-state index contributed by atoms with van der Waals surface area (Å²) in [5.74, 6) is 0.498. The zero-order chi connectivity index (χ0) is 20.8. The lowest BCUT2D eigenvalue weighted by Gasteiger charge is -2.17. The lowest BCUT2D eigenvalue weighted by Crippen LogP contribution is -2.15. The summed E-state index contributed by atoms with van der Waals surface area (Å²) in [6.07, 6.45) is 0. The fourth-order valence-corrected chi connectivity index (χ4v) is 4.42. The number of benzene rings is 2. The van der Waals surface area contributed by atoms with Gasteiger partial charge in [-0.2, -0.15) is 5.10 Å². The molecule has 0 radical (unpaired) electrons. The smallest absolute Gasteiger partial charge is 0.262 e. The zero-order valence-corrected chi connectivity index (χ0v) is 17.2. The van der Waals surface area contributed by atoms with Crippen LogP contribution in [-0.2, 0) is 0 Å². The van der Waals surface area contributed by atoms with E-state index in [2.05, 4.69) is 15.4 Å². The zero-order valence-electron chi connectivity index (χ0n) is 15.6. The monoisotopic (exact) mass is 444 g/mol. The highest BCUT2D eigenvalue weighted by Crippen LogP contribution is 2.38. The molecule has 1 aliphatic rings. The minimum Gasteiger partial charge on any atom is -0.486 e. The van der Waals surface area contributed by atoms with Crippen molar-refractivity contribution >= 4 is 44.2 Å². The molecule has 5 rings (SSSR count). The van der Waals surface area contributed by atoms with Crippen LogP contribution >= 0.6 is 22.9 Å². The lowest BCUT2D eigenvalue weighted by molar-refractivity contribution is 0.102. The molecule has 2 aromatic carbocycles. The third-order valence-corrected chi connectivity index (χ3v) is 5.86. The Morgan fingerprint density at radius 2 is 1.90 bits per heavy atom. The standard InChI is InChI=1S/C20H14ClFN4O3S/c1-10-17(18(21)26(25-10)12-4-2-11(22)3-5-12)19(27)24-20-23-13-8-14-15(9-16(13)30-20)29-7-6-28-14/h2-5,8-9H,6-7H2,1H3,(H,23,24,27). The number of hydrogen-bond acceptors (Lipinski definition) is 6. The molecule has 0 bridgehead atoms. The van der Waals surface area contributed by atoms with Gasteiger partial charge >= 0.3 is 0 Å². The highest BCUT2D eigenvalue weighted by Gasteiger charge is 2.23. The van der Waals surface area contributed by atoms with Crippen LogP contribution in [0.2, 0.25) is 5.15 Å². The molecule has 7 nitrogen and oxygen atoms in total. The first kappa shape index (κ1) is 18.8. The van der Waals surface area contributed by atoms with Crippen LogP contribution in [0, 0.1) is 12.7 Å². The Morgan fingerprint density at radius 3 is 2.63 bits per heavy atom. The van der Waals surface area contributed by atoms with Crippen molar-refractivity contribution in [2.24, 2.45) is 0 Å². The van der Waals surface area contributed by atoms with Gasteiger partial charge in [-0.05, 0) is 31.2 Å². The van der Waals surface area contributed by atoms with E-state index in [-0.39, 0.29) is 16.5 Å². The Kier molecular flexibility index (Phi) is 4.56. The van der Waals surface area contributed by atoms with Gasteiger partial charge in [-0.1, -0.05) is 22.9 Å². The predicted octanol–water partition coefficient (Wildman–Crippen LogP) is 4.61. The van der Waals surface area contributed by atoms with Gasteiger partial charge in [0.1, 0.15) is 29.7 Å². The van der Waals surface area contributed by atoms with Crippen LogP contribution in [0.4, 0.5) is 9.52 Å². The topological polar surface area (TPSA) is 78.3 Å². The van der Waals surface area contributed by atoms with E-state index in [0.717, 1.165) is 4.70 Å². The first-order valence-electron chi connectivity index (χ1n) is 9.02. The van der Waals surface area contributed by atoms with Gasteiger partial charge < -0.3 is 9.47 Å². The molecule has 0 saturated carbocycles. The summed E-state index contributed by atoms with van der Waals surface area (Å²) in [7, 11) is 0. The number of hydrogen-bond donors (Lipinski definition) is 1. The summed E-state index contributed by atoms with van der Waals surface area (Å²) in [6, 6.07) is 9.32. The summed E-state index contributed by atoms with van der Waals surface area (Å²) in [5, 5.41) is 7.66. The Morgan fingerprint density at radius 1 is 1.20 bits per heavy atom. The molecule has 4 aromatic rings. The molecule has 0 atom stereocenters. The van der Waals surface area contributed by atoms with Gasteiger partial charge in [0.05, 0.1) is 21.6 Å². The second-order valence-corrected chi connectivity index (χ2v) is 7.96. The first-order valence-corrected chi connectivity index (χ1v) is 10.2. The average molecular weight is 445 g/mol. The van der Waals surface area contributed by atoms with Gasteiger partial charge in [-0.3, -0.25) is 10.1 Å². The molecule has 1 N–H and O–H groups in total. The number of halogens is 2. The van der Waals surface area contributed by atoms with Crippen molar-refractivity contribution in [1.29, 1.82) is 0 Å². The Hall–Kier alpha value is -3.17. The van der Waals surface area contributed by atoms with E-state index >= 15 is 0 Å². The van der Waals surface area contributed by atoms with E-state index < -0.39 is 5.91 Å². The summed E-state index contributed by atoms with van der Waals surface area (Å²) in [5.41, 5.74) is 1.92. The first-order chi connectivity index (χ1) is 14.5. The van der Waals surface area contributed by atoms with E-state index in [4.69, 9.17) is 21.1 Å². The number of carbonyl (C=O) groups excluding carboxylic acids is 1. The summed E-state index contributed by atoms with van der Waals surface area (Å²) in [4.78, 5) is 17.4. The maximum atomic E-state index is 13.2. The fraction of sp³-hybridized carbons (Fsp3) is 0.150. The maximum Gasteiger partial charge on any atom is 0.262 e. The van der Waals surface area contributed by atoms with Crippen LogP contribution in [0.25, 0.3) is 15.9 Å². The van der Waals surface area contributed by atoms with Gasteiger partial charge in [-0.15, -0.1) is 0 Å². The molecule has 30 heavy (non-hydrogen) atoms. The second kappa shape index (κ2) is 7.26. The molecule has 1 aliphatic heterocycles. The number of amides is 1. The number of ether oxygens (including phenoxy) is 2. The second-order valence-electron chi connectivity index (χ2n) is 6.58. The minimum absolute atomic E-state index is 0.134.